The molecule has 1 aromatic rings. The number of carbonyl (C=O) groups is 1. The highest BCUT2D eigenvalue weighted by Crippen LogP contribution is 2.32. The minimum absolute atomic E-state index is 0.0254. The van der Waals surface area contributed by atoms with Crippen molar-refractivity contribution in [3.8, 4) is 0 Å². The van der Waals surface area contributed by atoms with E-state index >= 15 is 0 Å². The number of carboxylic acid groups (broad SMARTS) is 1. The highest BCUT2D eigenvalue weighted by atomic mass is 79.9. The number of thiophene rings is 1. The Morgan fingerprint density at radius 2 is 2.32 bits per heavy atom. The lowest BCUT2D eigenvalue weighted by molar-refractivity contribution is -0.138. The highest BCUT2D eigenvalue weighted by molar-refractivity contribution is 9.10. The number of halogens is 1. The summed E-state index contributed by atoms with van der Waals surface area (Å²) in [7, 11) is -3.51. The summed E-state index contributed by atoms with van der Waals surface area (Å²) in [5.41, 5.74) is 0. The first-order valence-corrected chi connectivity index (χ1v) is 8.97. The Bertz CT molecular complexity index is 569. The fourth-order valence-electron chi connectivity index (χ4n) is 2.24. The fraction of sp³-hybridized carbons (Fsp3) is 0.545. The van der Waals surface area contributed by atoms with Gasteiger partial charge in [0.2, 0.25) is 0 Å². The highest BCUT2D eigenvalue weighted by Gasteiger charge is 2.32. The number of rotatable bonds is 4. The molecule has 1 aromatic heterocycles. The zero-order valence-corrected chi connectivity index (χ0v) is 13.3. The Morgan fingerprint density at radius 1 is 1.58 bits per heavy atom. The van der Waals surface area contributed by atoms with Crippen LogP contribution in [0.1, 0.15) is 19.3 Å². The van der Waals surface area contributed by atoms with Gasteiger partial charge >= 0.3 is 5.97 Å². The van der Waals surface area contributed by atoms with E-state index in [2.05, 4.69) is 15.9 Å². The lowest BCUT2D eigenvalue weighted by Gasteiger charge is -2.30. The Balaban J connectivity index is 2.17. The quantitative estimate of drug-likeness (QED) is 0.886. The van der Waals surface area contributed by atoms with Gasteiger partial charge in [-0.2, -0.15) is 4.31 Å². The van der Waals surface area contributed by atoms with Gasteiger partial charge in [-0.05, 0) is 46.1 Å². The summed E-state index contributed by atoms with van der Waals surface area (Å²) >= 11 is 4.41. The van der Waals surface area contributed by atoms with Crippen LogP contribution in [0.4, 0.5) is 0 Å². The molecule has 1 aliphatic heterocycles. The van der Waals surface area contributed by atoms with Crippen molar-refractivity contribution in [2.75, 3.05) is 13.1 Å². The first kappa shape index (κ1) is 15.0. The van der Waals surface area contributed by atoms with Crippen LogP contribution in [-0.2, 0) is 14.8 Å². The first-order valence-electron chi connectivity index (χ1n) is 5.86. The van der Waals surface area contributed by atoms with Gasteiger partial charge in [0.15, 0.2) is 0 Å². The summed E-state index contributed by atoms with van der Waals surface area (Å²) in [6, 6.07) is 1.70. The molecule has 19 heavy (non-hydrogen) atoms. The van der Waals surface area contributed by atoms with Crippen molar-refractivity contribution in [3.05, 3.63) is 15.9 Å². The number of sulfonamides is 1. The molecule has 1 saturated heterocycles. The second-order valence-corrected chi connectivity index (χ2v) is 8.43. The molecular weight excluding hydrogens is 354 g/mol. The van der Waals surface area contributed by atoms with Crippen LogP contribution in [0, 0.1) is 5.92 Å². The molecule has 106 valence electrons. The summed E-state index contributed by atoms with van der Waals surface area (Å²) < 4.78 is 27.2. The van der Waals surface area contributed by atoms with Crippen LogP contribution in [0.25, 0.3) is 0 Å². The molecule has 0 bridgehead atoms. The molecule has 1 aliphatic rings. The molecule has 1 unspecified atom stereocenters. The van der Waals surface area contributed by atoms with E-state index in [1.807, 2.05) is 0 Å². The third kappa shape index (κ3) is 3.36. The van der Waals surface area contributed by atoms with E-state index in [1.165, 1.54) is 15.6 Å². The Labute approximate surface area is 124 Å². The van der Waals surface area contributed by atoms with Crippen LogP contribution < -0.4 is 0 Å². The summed E-state index contributed by atoms with van der Waals surface area (Å²) in [6.07, 6.45) is 1.50. The Kier molecular flexibility index (Phi) is 4.65. The van der Waals surface area contributed by atoms with Gasteiger partial charge in [-0.25, -0.2) is 8.42 Å². The van der Waals surface area contributed by atoms with E-state index in [9.17, 15) is 13.2 Å². The molecule has 2 heterocycles. The zero-order chi connectivity index (χ0) is 14.0. The molecule has 1 N–H and O–H groups in total. The molecule has 1 atom stereocenters. The molecule has 0 spiro atoms. The normalized spacial score (nSPS) is 21.4. The van der Waals surface area contributed by atoms with E-state index in [-0.39, 0.29) is 12.3 Å². The molecule has 0 radical (unpaired) electrons. The van der Waals surface area contributed by atoms with Crippen molar-refractivity contribution >= 4 is 43.3 Å². The van der Waals surface area contributed by atoms with E-state index in [1.54, 1.807) is 11.4 Å². The third-order valence-electron chi connectivity index (χ3n) is 3.10. The maximum absolute atomic E-state index is 12.5. The summed E-state index contributed by atoms with van der Waals surface area (Å²) in [4.78, 5) is 10.7. The number of hydrogen-bond donors (Lipinski definition) is 1. The van der Waals surface area contributed by atoms with Gasteiger partial charge < -0.3 is 5.11 Å². The van der Waals surface area contributed by atoms with Gasteiger partial charge in [-0.3, -0.25) is 4.79 Å². The maximum atomic E-state index is 12.5. The monoisotopic (exact) mass is 367 g/mol. The minimum Gasteiger partial charge on any atom is -0.481 e. The SMILES string of the molecule is O=C(O)CC1CCCN(S(=O)(=O)c2sccc2Br)C1. The minimum atomic E-state index is -3.51. The first-order chi connectivity index (χ1) is 8.91. The van der Waals surface area contributed by atoms with Crippen LogP contribution in [0.2, 0.25) is 0 Å². The maximum Gasteiger partial charge on any atom is 0.303 e. The average molecular weight is 368 g/mol. The van der Waals surface area contributed by atoms with E-state index in [0.717, 1.165) is 6.42 Å². The summed E-state index contributed by atoms with van der Waals surface area (Å²) in [5.74, 6) is -0.971. The van der Waals surface area contributed by atoms with Crippen molar-refractivity contribution < 1.29 is 18.3 Å². The van der Waals surface area contributed by atoms with Gasteiger partial charge in [0, 0.05) is 24.0 Å². The molecule has 8 heteroatoms. The van der Waals surface area contributed by atoms with Crippen molar-refractivity contribution in [1.29, 1.82) is 0 Å². The summed E-state index contributed by atoms with van der Waals surface area (Å²) in [5, 5.41) is 10.5. The number of hydrogen-bond acceptors (Lipinski definition) is 4. The Hall–Kier alpha value is -0.440. The molecule has 0 aromatic carbocycles. The number of piperidine rings is 1. The lowest BCUT2D eigenvalue weighted by atomic mass is 9.96. The predicted molar refractivity (Wildman–Crippen MR) is 75.8 cm³/mol. The smallest absolute Gasteiger partial charge is 0.303 e. The summed E-state index contributed by atoms with van der Waals surface area (Å²) in [6.45, 7) is 0.752. The van der Waals surface area contributed by atoms with Gasteiger partial charge in [0.05, 0.1) is 0 Å². The topological polar surface area (TPSA) is 74.7 Å². The number of carboxylic acids is 1. The van der Waals surface area contributed by atoms with Gasteiger partial charge in [-0.1, -0.05) is 0 Å². The van der Waals surface area contributed by atoms with Crippen molar-refractivity contribution in [1.82, 2.24) is 4.31 Å². The van der Waals surface area contributed by atoms with Crippen molar-refractivity contribution in [2.24, 2.45) is 5.92 Å². The second kappa shape index (κ2) is 5.90. The fourth-order valence-corrected chi connectivity index (χ4v) is 6.24. The van der Waals surface area contributed by atoms with E-state index in [0.29, 0.717) is 28.2 Å². The van der Waals surface area contributed by atoms with E-state index in [4.69, 9.17) is 5.11 Å². The predicted octanol–water partition coefficient (Wildman–Crippen LogP) is 2.39. The lowest BCUT2D eigenvalue weighted by Crippen LogP contribution is -2.40. The molecule has 5 nitrogen and oxygen atoms in total. The van der Waals surface area contributed by atoms with Crippen LogP contribution in [0.3, 0.4) is 0 Å². The zero-order valence-electron chi connectivity index (χ0n) is 10.1. The Morgan fingerprint density at radius 3 is 2.89 bits per heavy atom. The third-order valence-corrected chi connectivity index (χ3v) is 7.62. The second-order valence-electron chi connectivity index (χ2n) is 4.53. The van der Waals surface area contributed by atoms with Crippen LogP contribution in [0.15, 0.2) is 20.1 Å². The molecule has 0 amide bonds. The van der Waals surface area contributed by atoms with Crippen LogP contribution in [0.5, 0.6) is 0 Å². The number of aliphatic carboxylic acids is 1. The average Bonchev–Trinajstić information content (AvgIpc) is 2.75. The van der Waals surface area contributed by atoms with Crippen molar-refractivity contribution in [3.63, 3.8) is 0 Å². The largest absolute Gasteiger partial charge is 0.481 e. The van der Waals surface area contributed by atoms with Gasteiger partial charge in [0.25, 0.3) is 10.0 Å². The standard InChI is InChI=1S/C11H14BrNO4S2/c12-9-3-5-18-11(9)19(16,17)13-4-1-2-8(7-13)6-10(14)15/h3,5,8H,1-2,4,6-7H2,(H,14,15). The van der Waals surface area contributed by atoms with Crippen LogP contribution in [-0.4, -0.2) is 36.9 Å². The molecule has 2 rings (SSSR count). The molecular formula is C11H14BrNO4S2. The van der Waals surface area contributed by atoms with Crippen LogP contribution >= 0.6 is 27.3 Å². The molecule has 0 aliphatic carbocycles. The molecule has 0 saturated carbocycles. The van der Waals surface area contributed by atoms with Crippen molar-refractivity contribution in [2.45, 2.75) is 23.5 Å². The number of nitrogens with zero attached hydrogens (tertiary/aromatic N) is 1. The van der Waals surface area contributed by atoms with Gasteiger partial charge in [-0.15, -0.1) is 11.3 Å². The van der Waals surface area contributed by atoms with Gasteiger partial charge in [0.1, 0.15) is 4.21 Å². The van der Waals surface area contributed by atoms with E-state index < -0.39 is 16.0 Å². The molecule has 1 fully saturated rings.